The molecule has 1 spiro atoms. The lowest BCUT2D eigenvalue weighted by atomic mass is 9.64. The Bertz CT molecular complexity index is 1830. The van der Waals surface area contributed by atoms with Gasteiger partial charge in [0.1, 0.15) is 23.0 Å². The molecule has 7 heteroatoms. The third-order valence-corrected chi connectivity index (χ3v) is 9.16. The smallest absolute Gasteiger partial charge is 0.238 e. The van der Waals surface area contributed by atoms with Crippen LogP contribution in [0.3, 0.4) is 0 Å². The Morgan fingerprint density at radius 2 is 1.51 bits per heavy atom. The molecule has 7 rings (SSSR count). The summed E-state index contributed by atoms with van der Waals surface area (Å²) < 4.78 is 10.8. The molecule has 1 N–H and O–H groups in total. The summed E-state index contributed by atoms with van der Waals surface area (Å²) >= 11 is 0. The summed E-state index contributed by atoms with van der Waals surface area (Å²) in [6, 6.07) is 27.6. The van der Waals surface area contributed by atoms with Gasteiger partial charge in [0, 0.05) is 28.1 Å². The minimum atomic E-state index is -1.38. The number of hydrogen-bond donors (Lipinski definition) is 1. The molecular formula is C36H30N2O5. The standard InChI is InChI=1S/C36H30N2O5/c1-21-19-30-36(27-12-5-6-13-28(27)37-35(36)41)31(33(39)23-9-8-10-25(20-23)43-3)32(38(30)29-14-7-4-11-26(21)29)34(40)22-15-17-24(42-2)18-16-22/h4-20,30-32H,1-3H3,(H,37,41). The van der Waals surface area contributed by atoms with Crippen LogP contribution in [0.4, 0.5) is 11.4 Å². The first kappa shape index (κ1) is 26.7. The molecule has 4 aromatic rings. The summed E-state index contributed by atoms with van der Waals surface area (Å²) in [5.41, 5.74) is 3.56. The minimum absolute atomic E-state index is 0.245. The molecule has 0 aromatic heterocycles. The van der Waals surface area contributed by atoms with Crippen LogP contribution in [-0.4, -0.2) is 43.8 Å². The normalized spacial score (nSPS) is 23.1. The lowest BCUT2D eigenvalue weighted by molar-refractivity contribution is -0.121. The van der Waals surface area contributed by atoms with Gasteiger partial charge in [-0.1, -0.05) is 54.6 Å². The van der Waals surface area contributed by atoms with Gasteiger partial charge in [0.15, 0.2) is 11.6 Å². The fourth-order valence-corrected chi connectivity index (χ4v) is 7.27. The zero-order chi connectivity index (χ0) is 29.9. The SMILES string of the molecule is COc1ccc(C(=O)C2C(C(=O)c3cccc(OC)c3)C3(C(=O)Nc4ccccc43)C3C=C(C)c4ccccc4N23)cc1. The topological polar surface area (TPSA) is 84.9 Å². The summed E-state index contributed by atoms with van der Waals surface area (Å²) in [6.45, 7) is 2.01. The molecule has 0 aliphatic carbocycles. The van der Waals surface area contributed by atoms with Crippen LogP contribution in [0, 0.1) is 5.92 Å². The second-order valence-corrected chi connectivity index (χ2v) is 11.2. The molecule has 1 saturated heterocycles. The Morgan fingerprint density at radius 3 is 2.28 bits per heavy atom. The lowest BCUT2D eigenvalue weighted by Crippen LogP contribution is -2.51. The van der Waals surface area contributed by atoms with Crippen molar-refractivity contribution in [3.63, 3.8) is 0 Å². The largest absolute Gasteiger partial charge is 0.497 e. The molecule has 7 nitrogen and oxygen atoms in total. The Kier molecular flexibility index (Phi) is 6.20. The van der Waals surface area contributed by atoms with E-state index in [0.29, 0.717) is 33.9 Å². The van der Waals surface area contributed by atoms with Crippen LogP contribution in [0.5, 0.6) is 11.5 Å². The number of benzene rings is 4. The fourth-order valence-electron chi connectivity index (χ4n) is 7.27. The van der Waals surface area contributed by atoms with E-state index in [-0.39, 0.29) is 17.5 Å². The van der Waals surface area contributed by atoms with Crippen molar-refractivity contribution >= 4 is 34.4 Å². The quantitative estimate of drug-likeness (QED) is 0.289. The van der Waals surface area contributed by atoms with E-state index >= 15 is 0 Å². The van der Waals surface area contributed by atoms with Gasteiger partial charge < -0.3 is 19.7 Å². The summed E-state index contributed by atoms with van der Waals surface area (Å²) in [5.74, 6) is -0.754. The number of anilines is 2. The van der Waals surface area contributed by atoms with Gasteiger partial charge in [-0.25, -0.2) is 0 Å². The van der Waals surface area contributed by atoms with Crippen LogP contribution in [0.2, 0.25) is 0 Å². The molecule has 0 bridgehead atoms. The molecule has 3 aliphatic rings. The van der Waals surface area contributed by atoms with Gasteiger partial charge in [-0.05, 0) is 66.6 Å². The first-order valence-electron chi connectivity index (χ1n) is 14.2. The highest BCUT2D eigenvalue weighted by Crippen LogP contribution is 2.58. The van der Waals surface area contributed by atoms with Gasteiger partial charge in [0.05, 0.1) is 26.2 Å². The predicted molar refractivity (Wildman–Crippen MR) is 165 cm³/mol. The maximum Gasteiger partial charge on any atom is 0.238 e. The summed E-state index contributed by atoms with van der Waals surface area (Å²) in [7, 11) is 3.11. The molecule has 1 amide bonds. The van der Waals surface area contributed by atoms with E-state index in [1.54, 1.807) is 62.8 Å². The number of nitrogens with zero attached hydrogens (tertiary/aromatic N) is 1. The Labute approximate surface area is 249 Å². The van der Waals surface area contributed by atoms with Crippen molar-refractivity contribution in [3.8, 4) is 11.5 Å². The van der Waals surface area contributed by atoms with Gasteiger partial charge >= 0.3 is 0 Å². The molecule has 1 fully saturated rings. The second-order valence-electron chi connectivity index (χ2n) is 11.2. The number of hydrogen-bond acceptors (Lipinski definition) is 6. The van der Waals surface area contributed by atoms with E-state index < -0.39 is 23.4 Å². The molecule has 214 valence electrons. The van der Waals surface area contributed by atoms with E-state index in [2.05, 4.69) is 11.4 Å². The highest BCUT2D eigenvalue weighted by Gasteiger charge is 2.70. The number of nitrogens with one attached hydrogen (secondary N) is 1. The van der Waals surface area contributed by atoms with Gasteiger partial charge in [-0.15, -0.1) is 0 Å². The van der Waals surface area contributed by atoms with Crippen LogP contribution >= 0.6 is 0 Å². The number of methoxy groups -OCH3 is 2. The van der Waals surface area contributed by atoms with Crippen LogP contribution in [-0.2, 0) is 10.2 Å². The maximum atomic E-state index is 15.0. The Balaban J connectivity index is 1.53. The van der Waals surface area contributed by atoms with Crippen molar-refractivity contribution in [2.24, 2.45) is 5.92 Å². The average molecular weight is 571 g/mol. The van der Waals surface area contributed by atoms with E-state index in [9.17, 15) is 14.4 Å². The Hall–Kier alpha value is -5.17. The molecule has 3 heterocycles. The summed E-state index contributed by atoms with van der Waals surface area (Å²) in [4.78, 5) is 46.3. The number of ether oxygens (including phenoxy) is 2. The van der Waals surface area contributed by atoms with Gasteiger partial charge in [0.25, 0.3) is 0 Å². The second kappa shape index (κ2) is 9.98. The van der Waals surface area contributed by atoms with Gasteiger partial charge in [0.2, 0.25) is 5.91 Å². The molecule has 0 saturated carbocycles. The molecule has 3 aliphatic heterocycles. The van der Waals surface area contributed by atoms with Crippen molar-refractivity contribution in [2.75, 3.05) is 24.4 Å². The summed E-state index contributed by atoms with van der Waals surface area (Å²) in [5, 5.41) is 3.08. The van der Waals surface area contributed by atoms with Crippen molar-refractivity contribution in [2.45, 2.75) is 24.4 Å². The first-order chi connectivity index (χ1) is 20.9. The number of allylic oxidation sites excluding steroid dienone is 1. The van der Waals surface area contributed by atoms with Crippen molar-refractivity contribution in [1.29, 1.82) is 0 Å². The number of Topliss-reactive ketones (excluding diaryl/α,β-unsaturated/α-hetero) is 2. The Morgan fingerprint density at radius 1 is 0.791 bits per heavy atom. The molecule has 4 aromatic carbocycles. The number of rotatable bonds is 6. The van der Waals surface area contributed by atoms with E-state index in [1.165, 1.54) is 0 Å². The molecule has 4 unspecified atom stereocenters. The first-order valence-corrected chi connectivity index (χ1v) is 14.2. The van der Waals surface area contributed by atoms with E-state index in [1.807, 2.05) is 60.4 Å². The van der Waals surface area contributed by atoms with E-state index in [4.69, 9.17) is 9.47 Å². The van der Waals surface area contributed by atoms with Gasteiger partial charge in [-0.3, -0.25) is 14.4 Å². The van der Waals surface area contributed by atoms with Crippen LogP contribution in [0.1, 0.15) is 38.8 Å². The monoisotopic (exact) mass is 570 g/mol. The third kappa shape index (κ3) is 3.77. The van der Waals surface area contributed by atoms with Crippen molar-refractivity contribution in [3.05, 3.63) is 125 Å². The zero-order valence-electron chi connectivity index (χ0n) is 24.0. The minimum Gasteiger partial charge on any atom is -0.497 e. The molecular weight excluding hydrogens is 540 g/mol. The van der Waals surface area contributed by atoms with E-state index in [0.717, 1.165) is 16.8 Å². The third-order valence-electron chi connectivity index (χ3n) is 9.16. The molecule has 0 radical (unpaired) electrons. The summed E-state index contributed by atoms with van der Waals surface area (Å²) in [6.07, 6.45) is 2.05. The number of carbonyl (C=O) groups is 3. The van der Waals surface area contributed by atoms with Crippen LogP contribution in [0.15, 0.2) is 103 Å². The maximum absolute atomic E-state index is 15.0. The lowest BCUT2D eigenvalue weighted by Gasteiger charge is -2.39. The number of para-hydroxylation sites is 2. The zero-order valence-corrected chi connectivity index (χ0v) is 24.0. The average Bonchev–Trinajstić information content (AvgIpc) is 3.52. The number of amides is 1. The molecule has 4 atom stereocenters. The number of fused-ring (bicyclic) bond motifs is 6. The van der Waals surface area contributed by atoms with Gasteiger partial charge in [-0.2, -0.15) is 0 Å². The molecule has 43 heavy (non-hydrogen) atoms. The van der Waals surface area contributed by atoms with Crippen LogP contribution < -0.4 is 19.7 Å². The highest BCUT2D eigenvalue weighted by molar-refractivity contribution is 6.18. The fraction of sp³-hybridized carbons (Fsp3) is 0.194. The van der Waals surface area contributed by atoms with Crippen LogP contribution in [0.25, 0.3) is 5.57 Å². The predicted octanol–water partition coefficient (Wildman–Crippen LogP) is 5.95. The highest BCUT2D eigenvalue weighted by atomic mass is 16.5. The number of carbonyl (C=O) groups excluding carboxylic acids is 3. The number of ketones is 2. The van der Waals surface area contributed by atoms with Crippen molar-refractivity contribution < 1.29 is 23.9 Å². The van der Waals surface area contributed by atoms with Crippen molar-refractivity contribution in [1.82, 2.24) is 0 Å².